The SMILES string of the molecule is Cl.O=S(=O)(NCC1=CCNCC1)c1ccccc1OC(F)(F)F. The summed E-state index contributed by atoms with van der Waals surface area (Å²) in [5.41, 5.74) is 0.886. The zero-order valence-corrected chi connectivity index (χ0v) is 13.5. The molecule has 1 aromatic rings. The van der Waals surface area contributed by atoms with Crippen LogP contribution in [0.4, 0.5) is 13.2 Å². The van der Waals surface area contributed by atoms with Gasteiger partial charge in [-0.3, -0.25) is 0 Å². The Morgan fingerprint density at radius 3 is 2.57 bits per heavy atom. The monoisotopic (exact) mass is 372 g/mol. The van der Waals surface area contributed by atoms with Crippen LogP contribution in [-0.4, -0.2) is 34.4 Å². The number of para-hydroxylation sites is 1. The number of rotatable bonds is 5. The highest BCUT2D eigenvalue weighted by molar-refractivity contribution is 7.89. The van der Waals surface area contributed by atoms with Gasteiger partial charge in [-0.15, -0.1) is 25.6 Å². The molecule has 130 valence electrons. The van der Waals surface area contributed by atoms with Crippen molar-refractivity contribution >= 4 is 22.4 Å². The van der Waals surface area contributed by atoms with Crippen LogP contribution in [0.3, 0.4) is 0 Å². The quantitative estimate of drug-likeness (QED) is 0.778. The van der Waals surface area contributed by atoms with E-state index < -0.39 is 27.0 Å². The Bertz CT molecular complexity index is 663. The molecule has 0 radical (unpaired) electrons. The third-order valence-electron chi connectivity index (χ3n) is 3.01. The van der Waals surface area contributed by atoms with Gasteiger partial charge in [-0.05, 0) is 25.1 Å². The molecule has 0 unspecified atom stereocenters. The van der Waals surface area contributed by atoms with E-state index in [2.05, 4.69) is 14.8 Å². The first-order valence-electron chi connectivity index (χ1n) is 6.51. The Kier molecular flexibility index (Phi) is 6.87. The molecule has 1 aliphatic heterocycles. The molecule has 1 aromatic carbocycles. The maximum atomic E-state index is 12.3. The molecule has 0 amide bonds. The summed E-state index contributed by atoms with van der Waals surface area (Å²) in [5, 5.41) is 3.08. The average molecular weight is 373 g/mol. The molecule has 2 rings (SSSR count). The van der Waals surface area contributed by atoms with Gasteiger partial charge in [-0.25, -0.2) is 13.1 Å². The molecule has 1 aliphatic rings. The third kappa shape index (κ3) is 6.02. The number of hydrogen-bond acceptors (Lipinski definition) is 4. The van der Waals surface area contributed by atoms with Crippen LogP contribution in [0.1, 0.15) is 6.42 Å². The number of nitrogens with one attached hydrogen (secondary N) is 2. The molecule has 0 aromatic heterocycles. The van der Waals surface area contributed by atoms with Crippen LogP contribution >= 0.6 is 12.4 Å². The second-order valence-corrected chi connectivity index (χ2v) is 6.37. The van der Waals surface area contributed by atoms with E-state index in [1.54, 1.807) is 0 Å². The van der Waals surface area contributed by atoms with E-state index in [9.17, 15) is 21.6 Å². The lowest BCUT2D eigenvalue weighted by molar-refractivity contribution is -0.275. The van der Waals surface area contributed by atoms with Crippen LogP contribution in [0.15, 0.2) is 40.8 Å². The number of alkyl halides is 3. The summed E-state index contributed by atoms with van der Waals surface area (Å²) < 4.78 is 67.4. The highest BCUT2D eigenvalue weighted by Gasteiger charge is 2.33. The van der Waals surface area contributed by atoms with Crippen molar-refractivity contribution < 1.29 is 26.3 Å². The number of benzene rings is 1. The van der Waals surface area contributed by atoms with E-state index in [-0.39, 0.29) is 19.0 Å². The zero-order chi connectivity index (χ0) is 16.2. The van der Waals surface area contributed by atoms with Crippen molar-refractivity contribution in [2.75, 3.05) is 19.6 Å². The second kappa shape index (κ2) is 8.00. The molecular formula is C13H16ClF3N2O3S. The maximum absolute atomic E-state index is 12.3. The van der Waals surface area contributed by atoms with Crippen molar-refractivity contribution in [3.8, 4) is 5.75 Å². The fourth-order valence-electron chi connectivity index (χ4n) is 1.98. The molecule has 0 atom stereocenters. The van der Waals surface area contributed by atoms with Gasteiger partial charge in [0.2, 0.25) is 10.0 Å². The van der Waals surface area contributed by atoms with Gasteiger partial charge in [0.15, 0.2) is 0 Å². The van der Waals surface area contributed by atoms with Gasteiger partial charge in [0.25, 0.3) is 0 Å². The normalized spacial score (nSPS) is 15.5. The zero-order valence-electron chi connectivity index (χ0n) is 11.9. The summed E-state index contributed by atoms with van der Waals surface area (Å²) in [5.74, 6) is -0.748. The van der Waals surface area contributed by atoms with Crippen LogP contribution < -0.4 is 14.8 Å². The fraction of sp³-hybridized carbons (Fsp3) is 0.385. The third-order valence-corrected chi connectivity index (χ3v) is 4.45. The summed E-state index contributed by atoms with van der Waals surface area (Å²) in [6.07, 6.45) is -2.42. The second-order valence-electron chi connectivity index (χ2n) is 4.64. The molecule has 0 bridgehead atoms. The van der Waals surface area contributed by atoms with Gasteiger partial charge in [-0.2, -0.15) is 0 Å². The minimum absolute atomic E-state index is 0. The summed E-state index contributed by atoms with van der Waals surface area (Å²) in [6.45, 7) is 1.44. The highest BCUT2D eigenvalue weighted by Crippen LogP contribution is 2.29. The van der Waals surface area contributed by atoms with E-state index in [4.69, 9.17) is 0 Å². The van der Waals surface area contributed by atoms with Crippen molar-refractivity contribution in [1.29, 1.82) is 0 Å². The lowest BCUT2D eigenvalue weighted by atomic mass is 10.1. The minimum Gasteiger partial charge on any atom is -0.404 e. The van der Waals surface area contributed by atoms with Crippen LogP contribution in [0.2, 0.25) is 0 Å². The predicted octanol–water partition coefficient (Wildman–Crippen LogP) is 2.21. The van der Waals surface area contributed by atoms with Crippen molar-refractivity contribution in [1.82, 2.24) is 10.0 Å². The first kappa shape index (κ1) is 19.8. The average Bonchev–Trinajstić information content (AvgIpc) is 2.45. The minimum atomic E-state index is -4.96. The Balaban J connectivity index is 0.00000264. The standard InChI is InChI=1S/C13H15F3N2O3S.ClH/c14-13(15,16)21-11-3-1-2-4-12(11)22(19,20)18-9-10-5-7-17-8-6-10;/h1-5,17-18H,6-9H2;1H. The summed E-state index contributed by atoms with van der Waals surface area (Å²) in [7, 11) is -4.10. The van der Waals surface area contributed by atoms with Crippen molar-refractivity contribution in [2.45, 2.75) is 17.7 Å². The summed E-state index contributed by atoms with van der Waals surface area (Å²) in [4.78, 5) is -0.540. The van der Waals surface area contributed by atoms with Gasteiger partial charge in [0, 0.05) is 13.1 Å². The molecule has 0 aliphatic carbocycles. The van der Waals surface area contributed by atoms with E-state index in [0.29, 0.717) is 13.0 Å². The molecule has 0 fully saturated rings. The summed E-state index contributed by atoms with van der Waals surface area (Å²) >= 11 is 0. The smallest absolute Gasteiger partial charge is 0.404 e. The van der Waals surface area contributed by atoms with E-state index >= 15 is 0 Å². The fourth-order valence-corrected chi connectivity index (χ4v) is 3.14. The molecule has 0 saturated heterocycles. The Hall–Kier alpha value is -1.29. The molecule has 0 saturated carbocycles. The van der Waals surface area contributed by atoms with Crippen LogP contribution in [0.5, 0.6) is 5.75 Å². The molecule has 2 N–H and O–H groups in total. The van der Waals surface area contributed by atoms with Gasteiger partial charge in [-0.1, -0.05) is 23.8 Å². The molecule has 10 heteroatoms. The topological polar surface area (TPSA) is 67.4 Å². The van der Waals surface area contributed by atoms with Gasteiger partial charge >= 0.3 is 6.36 Å². The van der Waals surface area contributed by atoms with E-state index in [1.165, 1.54) is 12.1 Å². The molecule has 1 heterocycles. The molecule has 5 nitrogen and oxygen atoms in total. The number of halogens is 4. The van der Waals surface area contributed by atoms with E-state index in [1.807, 2.05) is 6.08 Å². The lowest BCUT2D eigenvalue weighted by Gasteiger charge is -2.16. The Morgan fingerprint density at radius 1 is 1.26 bits per heavy atom. The first-order chi connectivity index (χ1) is 10.3. The predicted molar refractivity (Wildman–Crippen MR) is 81.1 cm³/mol. The van der Waals surface area contributed by atoms with Crippen LogP contribution in [-0.2, 0) is 10.0 Å². The van der Waals surface area contributed by atoms with Gasteiger partial charge < -0.3 is 10.1 Å². The molecule has 23 heavy (non-hydrogen) atoms. The van der Waals surface area contributed by atoms with Crippen molar-refractivity contribution in [2.24, 2.45) is 0 Å². The number of ether oxygens (including phenoxy) is 1. The first-order valence-corrected chi connectivity index (χ1v) is 7.99. The lowest BCUT2D eigenvalue weighted by Crippen LogP contribution is -2.30. The largest absolute Gasteiger partial charge is 0.573 e. The summed E-state index contributed by atoms with van der Waals surface area (Å²) in [6, 6.07) is 4.64. The number of sulfonamides is 1. The highest BCUT2D eigenvalue weighted by atomic mass is 35.5. The number of hydrogen-bond donors (Lipinski definition) is 2. The molecule has 0 spiro atoms. The van der Waals surface area contributed by atoms with Gasteiger partial charge in [0.05, 0.1) is 0 Å². The molecular weight excluding hydrogens is 357 g/mol. The Morgan fingerprint density at radius 2 is 1.96 bits per heavy atom. The van der Waals surface area contributed by atoms with Crippen LogP contribution in [0.25, 0.3) is 0 Å². The maximum Gasteiger partial charge on any atom is 0.573 e. The van der Waals surface area contributed by atoms with Crippen molar-refractivity contribution in [3.63, 3.8) is 0 Å². The van der Waals surface area contributed by atoms with Gasteiger partial charge in [0.1, 0.15) is 10.6 Å². The van der Waals surface area contributed by atoms with Crippen LogP contribution in [0, 0.1) is 0 Å². The van der Waals surface area contributed by atoms with E-state index in [0.717, 1.165) is 24.3 Å². The van der Waals surface area contributed by atoms with Crippen molar-refractivity contribution in [3.05, 3.63) is 35.9 Å². The Labute approximate surface area is 138 Å².